The molecule has 1 fully saturated rings. The van der Waals surface area contributed by atoms with Crippen molar-refractivity contribution in [1.82, 2.24) is 0 Å². The lowest BCUT2D eigenvalue weighted by molar-refractivity contribution is -0.0164. The number of benzene rings is 1. The monoisotopic (exact) mass is 280 g/mol. The lowest BCUT2D eigenvalue weighted by Crippen LogP contribution is -2.25. The van der Waals surface area contributed by atoms with E-state index in [0.29, 0.717) is 17.0 Å². The summed E-state index contributed by atoms with van der Waals surface area (Å²) in [4.78, 5) is 0. The summed E-state index contributed by atoms with van der Waals surface area (Å²) in [5.41, 5.74) is 6.28. The maximum absolute atomic E-state index is 13.9. The van der Waals surface area contributed by atoms with Crippen LogP contribution in [0.4, 0.5) is 4.39 Å². The minimum absolute atomic E-state index is 0.0997. The predicted octanol–water partition coefficient (Wildman–Crippen LogP) is 3.02. The summed E-state index contributed by atoms with van der Waals surface area (Å²) in [6, 6.07) is 4.51. The van der Waals surface area contributed by atoms with Gasteiger partial charge in [0, 0.05) is 11.1 Å². The Hall–Kier alpha value is -1.62. The van der Waals surface area contributed by atoms with E-state index in [1.165, 1.54) is 25.3 Å². The van der Waals surface area contributed by atoms with Gasteiger partial charge in [-0.25, -0.2) is 4.39 Å². The molecule has 1 aliphatic carbocycles. The lowest BCUT2D eigenvalue weighted by Gasteiger charge is -2.28. The highest BCUT2D eigenvalue weighted by Gasteiger charge is 2.22. The normalized spacial score (nSPS) is 23.8. The van der Waals surface area contributed by atoms with E-state index in [1.54, 1.807) is 12.1 Å². The summed E-state index contributed by atoms with van der Waals surface area (Å²) in [6.07, 6.45) is 4.87. The van der Waals surface area contributed by atoms with Gasteiger partial charge in [0.05, 0.1) is 12.7 Å². The number of oxime groups is 1. The van der Waals surface area contributed by atoms with Gasteiger partial charge in [0.1, 0.15) is 5.82 Å². The fraction of sp³-hybridized carbons (Fsp3) is 0.533. The molecule has 0 saturated heterocycles. The van der Waals surface area contributed by atoms with Gasteiger partial charge in [0.25, 0.3) is 0 Å². The predicted molar refractivity (Wildman–Crippen MR) is 75.1 cm³/mol. The number of rotatable bonds is 4. The molecule has 1 aromatic carbocycles. The van der Waals surface area contributed by atoms with Crippen LogP contribution in [0.2, 0.25) is 0 Å². The summed E-state index contributed by atoms with van der Waals surface area (Å²) < 4.78 is 19.8. The second kappa shape index (κ2) is 6.70. The second-order valence-corrected chi connectivity index (χ2v) is 5.40. The highest BCUT2D eigenvalue weighted by molar-refractivity contribution is 5.97. The first-order valence-corrected chi connectivity index (χ1v) is 6.99. The number of nitrogens with zero attached hydrogens (tertiary/aromatic N) is 1. The molecule has 20 heavy (non-hydrogen) atoms. The largest absolute Gasteiger partial charge is 0.409 e. The van der Waals surface area contributed by atoms with Crippen molar-refractivity contribution in [2.24, 2.45) is 16.8 Å². The fourth-order valence-corrected chi connectivity index (χ4v) is 2.61. The molecule has 1 aromatic rings. The maximum Gasteiger partial charge on any atom is 0.170 e. The van der Waals surface area contributed by atoms with Crippen molar-refractivity contribution in [3.05, 3.63) is 35.1 Å². The summed E-state index contributed by atoms with van der Waals surface area (Å²) in [5, 5.41) is 11.4. The third-order valence-corrected chi connectivity index (χ3v) is 3.94. The molecule has 1 saturated carbocycles. The molecule has 0 aliphatic heterocycles. The third kappa shape index (κ3) is 3.48. The van der Waals surface area contributed by atoms with Gasteiger partial charge in [-0.15, -0.1) is 0 Å². The Balaban J connectivity index is 1.99. The van der Waals surface area contributed by atoms with Gasteiger partial charge in [0.2, 0.25) is 0 Å². The summed E-state index contributed by atoms with van der Waals surface area (Å²) in [6.45, 7) is 2.44. The Morgan fingerprint density at radius 1 is 1.45 bits per heavy atom. The molecule has 3 N–H and O–H groups in total. The molecule has 110 valence electrons. The smallest absolute Gasteiger partial charge is 0.170 e. The molecular weight excluding hydrogens is 259 g/mol. The van der Waals surface area contributed by atoms with E-state index in [4.69, 9.17) is 15.7 Å². The number of hydrogen-bond acceptors (Lipinski definition) is 3. The van der Waals surface area contributed by atoms with E-state index in [2.05, 4.69) is 12.1 Å². The Morgan fingerprint density at radius 2 is 2.20 bits per heavy atom. The molecule has 5 heteroatoms. The molecule has 0 radical (unpaired) electrons. The SMILES string of the molecule is CC1CCCCC1OCc1ccc(/C(N)=N/O)cc1F. The molecule has 0 spiro atoms. The molecule has 2 unspecified atom stereocenters. The zero-order valence-corrected chi connectivity index (χ0v) is 11.7. The van der Waals surface area contributed by atoms with Crippen LogP contribution in [0.15, 0.2) is 23.4 Å². The minimum atomic E-state index is -0.391. The lowest BCUT2D eigenvalue weighted by atomic mass is 9.88. The zero-order chi connectivity index (χ0) is 14.5. The maximum atomic E-state index is 13.9. The molecular formula is C15H21FN2O2. The van der Waals surface area contributed by atoms with Gasteiger partial charge in [0.15, 0.2) is 5.84 Å². The number of hydrogen-bond donors (Lipinski definition) is 2. The van der Waals surface area contributed by atoms with Gasteiger partial charge < -0.3 is 15.7 Å². The van der Waals surface area contributed by atoms with E-state index >= 15 is 0 Å². The van der Waals surface area contributed by atoms with Crippen LogP contribution in [0.1, 0.15) is 43.7 Å². The van der Waals surface area contributed by atoms with Crippen molar-refractivity contribution in [2.45, 2.75) is 45.3 Å². The molecule has 2 rings (SSSR count). The van der Waals surface area contributed by atoms with Crippen molar-refractivity contribution >= 4 is 5.84 Å². The number of ether oxygens (including phenoxy) is 1. The highest BCUT2D eigenvalue weighted by Crippen LogP contribution is 2.27. The quantitative estimate of drug-likeness (QED) is 0.385. The van der Waals surface area contributed by atoms with Gasteiger partial charge >= 0.3 is 0 Å². The average Bonchev–Trinajstić information content (AvgIpc) is 2.46. The molecule has 0 amide bonds. The topological polar surface area (TPSA) is 67.8 Å². The van der Waals surface area contributed by atoms with Gasteiger partial charge in [-0.2, -0.15) is 0 Å². The van der Waals surface area contributed by atoms with Crippen LogP contribution in [0.5, 0.6) is 0 Å². The summed E-state index contributed by atoms with van der Waals surface area (Å²) in [5.74, 6) is 0.0399. The van der Waals surface area contributed by atoms with Crippen molar-refractivity contribution in [3.8, 4) is 0 Å². The van der Waals surface area contributed by atoms with Crippen LogP contribution >= 0.6 is 0 Å². The molecule has 0 aromatic heterocycles. The summed E-state index contributed by atoms with van der Waals surface area (Å²) in [7, 11) is 0. The van der Waals surface area contributed by atoms with E-state index < -0.39 is 5.82 Å². The Labute approximate surface area is 118 Å². The first-order valence-electron chi connectivity index (χ1n) is 6.99. The standard InChI is InChI=1S/C15H21FN2O2/c1-10-4-2-3-5-14(10)20-9-12-7-6-11(8-13(12)16)15(17)18-19/h6-8,10,14,19H,2-5,9H2,1H3,(H2,17,18). The van der Waals surface area contributed by atoms with Gasteiger partial charge in [-0.1, -0.05) is 37.1 Å². The zero-order valence-electron chi connectivity index (χ0n) is 11.7. The van der Waals surface area contributed by atoms with Crippen LogP contribution in [-0.4, -0.2) is 17.1 Å². The van der Waals surface area contributed by atoms with Gasteiger partial charge in [-0.05, 0) is 24.8 Å². The van der Waals surface area contributed by atoms with Crippen molar-refractivity contribution < 1.29 is 14.3 Å². The van der Waals surface area contributed by atoms with Crippen LogP contribution in [0.3, 0.4) is 0 Å². The second-order valence-electron chi connectivity index (χ2n) is 5.40. The first kappa shape index (κ1) is 14.8. The summed E-state index contributed by atoms with van der Waals surface area (Å²) >= 11 is 0. The van der Waals surface area contributed by atoms with Crippen LogP contribution < -0.4 is 5.73 Å². The molecule has 0 heterocycles. The molecule has 1 aliphatic rings. The molecule has 0 bridgehead atoms. The Bertz CT molecular complexity index is 491. The fourth-order valence-electron chi connectivity index (χ4n) is 2.61. The van der Waals surface area contributed by atoms with Crippen LogP contribution in [0, 0.1) is 11.7 Å². The number of amidine groups is 1. The van der Waals surface area contributed by atoms with E-state index in [0.717, 1.165) is 6.42 Å². The van der Waals surface area contributed by atoms with E-state index in [9.17, 15) is 4.39 Å². The minimum Gasteiger partial charge on any atom is -0.409 e. The highest BCUT2D eigenvalue weighted by atomic mass is 19.1. The molecule has 2 atom stereocenters. The number of halogens is 1. The van der Waals surface area contributed by atoms with E-state index in [1.807, 2.05) is 0 Å². The van der Waals surface area contributed by atoms with Crippen molar-refractivity contribution in [1.29, 1.82) is 0 Å². The van der Waals surface area contributed by atoms with E-state index in [-0.39, 0.29) is 18.5 Å². The third-order valence-electron chi connectivity index (χ3n) is 3.94. The van der Waals surface area contributed by atoms with Crippen LogP contribution in [-0.2, 0) is 11.3 Å². The molecule has 4 nitrogen and oxygen atoms in total. The van der Waals surface area contributed by atoms with Crippen molar-refractivity contribution in [2.75, 3.05) is 0 Å². The Kier molecular flexibility index (Phi) is 4.95. The van der Waals surface area contributed by atoms with Crippen LogP contribution in [0.25, 0.3) is 0 Å². The average molecular weight is 280 g/mol. The van der Waals surface area contributed by atoms with Crippen molar-refractivity contribution in [3.63, 3.8) is 0 Å². The Morgan fingerprint density at radius 3 is 2.85 bits per heavy atom. The van der Waals surface area contributed by atoms with Gasteiger partial charge in [-0.3, -0.25) is 0 Å². The number of nitrogens with two attached hydrogens (primary N) is 1. The first-order chi connectivity index (χ1) is 9.61.